The fourth-order valence-electron chi connectivity index (χ4n) is 8.03. The molecule has 4 heteroatoms. The first kappa shape index (κ1) is 17.8. The predicted octanol–water partition coefficient (Wildman–Crippen LogP) is 3.12. The van der Waals surface area contributed by atoms with E-state index in [0.29, 0.717) is 23.7 Å². The standard InChI is InChI=1S/C21H35NO3/c1-20-9-8-13(23)10-12(20)4-5-14-15-6-7-16(19(24)25-3)21(15,2)11-17(22)18(14)20/h12-18,23H,4-11,22H2,1-3H3/t12?,13?,14-,15-,16?,17?,18-,20-,21-/m0/s1. The van der Waals surface area contributed by atoms with Gasteiger partial charge in [-0.15, -0.1) is 0 Å². The van der Waals surface area contributed by atoms with E-state index < -0.39 is 0 Å². The molecular formula is C21H35NO3. The van der Waals surface area contributed by atoms with Crippen LogP contribution in [0.3, 0.4) is 0 Å². The summed E-state index contributed by atoms with van der Waals surface area (Å²) in [4.78, 5) is 12.4. The number of aliphatic hydroxyl groups excluding tert-OH is 1. The minimum absolute atomic E-state index is 0.00501. The lowest BCUT2D eigenvalue weighted by molar-refractivity contribution is -0.159. The van der Waals surface area contributed by atoms with E-state index in [-0.39, 0.29) is 34.9 Å². The second-order valence-corrected chi connectivity index (χ2v) is 10.0. The van der Waals surface area contributed by atoms with Crippen molar-refractivity contribution in [2.45, 2.75) is 77.4 Å². The zero-order chi connectivity index (χ0) is 18.0. The van der Waals surface area contributed by atoms with Crippen molar-refractivity contribution in [1.29, 1.82) is 0 Å². The number of esters is 1. The molecule has 4 nitrogen and oxygen atoms in total. The van der Waals surface area contributed by atoms with Gasteiger partial charge in [0.2, 0.25) is 0 Å². The fourth-order valence-corrected chi connectivity index (χ4v) is 8.03. The topological polar surface area (TPSA) is 72.5 Å². The van der Waals surface area contributed by atoms with Gasteiger partial charge in [-0.05, 0) is 85.9 Å². The smallest absolute Gasteiger partial charge is 0.309 e. The highest BCUT2D eigenvalue weighted by molar-refractivity contribution is 5.73. The SMILES string of the molecule is COC(=O)C1CC[C@H]2[C@@H]3CCC4CC(O)CC[C@]4(C)[C@@H]3C(N)C[C@]12C. The van der Waals surface area contributed by atoms with Gasteiger partial charge < -0.3 is 15.6 Å². The third-order valence-corrected chi connectivity index (χ3v) is 9.13. The van der Waals surface area contributed by atoms with Crippen LogP contribution >= 0.6 is 0 Å². The molecule has 0 radical (unpaired) electrons. The average molecular weight is 350 g/mol. The third-order valence-electron chi connectivity index (χ3n) is 9.13. The number of ether oxygens (including phenoxy) is 1. The monoisotopic (exact) mass is 349 g/mol. The van der Waals surface area contributed by atoms with E-state index in [1.165, 1.54) is 20.0 Å². The van der Waals surface area contributed by atoms with E-state index in [2.05, 4.69) is 13.8 Å². The molecule has 3 N–H and O–H groups in total. The number of hydrogen-bond acceptors (Lipinski definition) is 4. The van der Waals surface area contributed by atoms with Gasteiger partial charge in [0.15, 0.2) is 0 Å². The Hall–Kier alpha value is -0.610. The molecule has 4 saturated carbocycles. The van der Waals surface area contributed by atoms with Crippen LogP contribution in [0.25, 0.3) is 0 Å². The van der Waals surface area contributed by atoms with Crippen molar-refractivity contribution in [3.8, 4) is 0 Å². The zero-order valence-electron chi connectivity index (χ0n) is 16.0. The van der Waals surface area contributed by atoms with Crippen LogP contribution in [0, 0.1) is 40.4 Å². The van der Waals surface area contributed by atoms with Crippen molar-refractivity contribution < 1.29 is 14.6 Å². The lowest BCUT2D eigenvalue weighted by Crippen LogP contribution is -2.61. The summed E-state index contributed by atoms with van der Waals surface area (Å²) in [7, 11) is 1.52. The normalized spacial score (nSPS) is 55.0. The van der Waals surface area contributed by atoms with Gasteiger partial charge in [0.05, 0.1) is 19.1 Å². The number of nitrogens with two attached hydrogens (primary N) is 1. The van der Waals surface area contributed by atoms with Crippen molar-refractivity contribution in [3.05, 3.63) is 0 Å². The van der Waals surface area contributed by atoms with Crippen LogP contribution in [0.4, 0.5) is 0 Å². The van der Waals surface area contributed by atoms with Crippen LogP contribution in [-0.2, 0) is 9.53 Å². The summed E-state index contributed by atoms with van der Waals surface area (Å²) in [5.41, 5.74) is 7.12. The molecule has 0 aromatic heterocycles. The second-order valence-electron chi connectivity index (χ2n) is 10.0. The average Bonchev–Trinajstić information content (AvgIpc) is 2.91. The summed E-state index contributed by atoms with van der Waals surface area (Å²) in [6.07, 6.45) is 8.37. The maximum atomic E-state index is 12.4. The van der Waals surface area contributed by atoms with Gasteiger partial charge in [0.25, 0.3) is 0 Å². The van der Waals surface area contributed by atoms with Gasteiger partial charge in [-0.2, -0.15) is 0 Å². The van der Waals surface area contributed by atoms with Crippen molar-refractivity contribution >= 4 is 5.97 Å². The third kappa shape index (κ3) is 2.43. The molecule has 0 aromatic carbocycles. The van der Waals surface area contributed by atoms with Gasteiger partial charge in [-0.1, -0.05) is 13.8 Å². The lowest BCUT2D eigenvalue weighted by Gasteiger charge is -2.62. The first-order valence-corrected chi connectivity index (χ1v) is 10.3. The quantitative estimate of drug-likeness (QED) is 0.714. The van der Waals surface area contributed by atoms with Crippen molar-refractivity contribution in [2.24, 2.45) is 46.2 Å². The molecule has 4 aliphatic rings. The maximum Gasteiger partial charge on any atom is 0.309 e. The first-order valence-electron chi connectivity index (χ1n) is 10.3. The molecule has 142 valence electrons. The molecule has 4 unspecified atom stereocenters. The predicted molar refractivity (Wildman–Crippen MR) is 96.6 cm³/mol. The minimum Gasteiger partial charge on any atom is -0.469 e. The number of hydrogen-bond donors (Lipinski definition) is 2. The van der Waals surface area contributed by atoms with E-state index in [1.807, 2.05) is 0 Å². The highest BCUT2D eigenvalue weighted by Crippen LogP contribution is 2.67. The number of fused-ring (bicyclic) bond motifs is 5. The number of aliphatic hydroxyl groups is 1. The Morgan fingerprint density at radius 1 is 1.12 bits per heavy atom. The van der Waals surface area contributed by atoms with Crippen LogP contribution in [0.15, 0.2) is 0 Å². The van der Waals surface area contributed by atoms with Gasteiger partial charge in [-0.25, -0.2) is 0 Å². The first-order chi connectivity index (χ1) is 11.8. The summed E-state index contributed by atoms with van der Waals surface area (Å²) >= 11 is 0. The van der Waals surface area contributed by atoms with E-state index in [4.69, 9.17) is 10.5 Å². The fraction of sp³-hybridized carbons (Fsp3) is 0.952. The summed E-state index contributed by atoms with van der Waals surface area (Å²) in [5, 5.41) is 10.2. The largest absolute Gasteiger partial charge is 0.469 e. The van der Waals surface area contributed by atoms with E-state index in [9.17, 15) is 9.90 Å². The molecule has 0 bridgehead atoms. The Morgan fingerprint density at radius 3 is 2.60 bits per heavy atom. The van der Waals surface area contributed by atoms with Gasteiger partial charge in [-0.3, -0.25) is 4.79 Å². The van der Waals surface area contributed by atoms with Crippen LogP contribution in [0.5, 0.6) is 0 Å². The summed E-state index contributed by atoms with van der Waals surface area (Å²) in [6, 6.07) is 0.166. The van der Waals surface area contributed by atoms with Crippen LogP contribution < -0.4 is 5.73 Å². The second kappa shape index (κ2) is 5.95. The Labute approximate surface area is 151 Å². The highest BCUT2D eigenvalue weighted by Gasteiger charge is 2.63. The molecule has 0 aliphatic heterocycles. The molecular weight excluding hydrogens is 314 g/mol. The lowest BCUT2D eigenvalue weighted by atomic mass is 9.43. The van der Waals surface area contributed by atoms with Gasteiger partial charge >= 0.3 is 5.97 Å². The Balaban J connectivity index is 1.65. The molecule has 4 fully saturated rings. The Bertz CT molecular complexity index is 551. The number of rotatable bonds is 1. The molecule has 9 atom stereocenters. The maximum absolute atomic E-state index is 12.4. The molecule has 4 rings (SSSR count). The zero-order valence-corrected chi connectivity index (χ0v) is 16.0. The summed E-state index contributed by atoms with van der Waals surface area (Å²) < 4.78 is 5.13. The molecule has 4 aliphatic carbocycles. The van der Waals surface area contributed by atoms with Crippen LogP contribution in [0.1, 0.15) is 65.2 Å². The minimum atomic E-state index is -0.116. The van der Waals surface area contributed by atoms with Crippen molar-refractivity contribution in [1.82, 2.24) is 0 Å². The number of methoxy groups -OCH3 is 1. The van der Waals surface area contributed by atoms with Crippen molar-refractivity contribution in [3.63, 3.8) is 0 Å². The number of carbonyl (C=O) groups is 1. The van der Waals surface area contributed by atoms with Crippen molar-refractivity contribution in [2.75, 3.05) is 7.11 Å². The van der Waals surface area contributed by atoms with Gasteiger partial charge in [0, 0.05) is 6.04 Å². The number of carbonyl (C=O) groups excluding carboxylic acids is 1. The Kier molecular flexibility index (Phi) is 4.23. The van der Waals surface area contributed by atoms with E-state index >= 15 is 0 Å². The molecule has 0 aromatic rings. The summed E-state index contributed by atoms with van der Waals surface area (Å²) in [6.45, 7) is 4.76. The molecule has 0 spiro atoms. The molecule has 25 heavy (non-hydrogen) atoms. The van der Waals surface area contributed by atoms with E-state index in [1.54, 1.807) is 0 Å². The highest BCUT2D eigenvalue weighted by atomic mass is 16.5. The summed E-state index contributed by atoms with van der Waals surface area (Å²) in [5.74, 6) is 2.40. The van der Waals surface area contributed by atoms with E-state index in [0.717, 1.165) is 38.5 Å². The van der Waals surface area contributed by atoms with Gasteiger partial charge in [0.1, 0.15) is 0 Å². The molecule has 0 amide bonds. The Morgan fingerprint density at radius 2 is 1.88 bits per heavy atom. The van der Waals surface area contributed by atoms with Crippen LogP contribution in [0.2, 0.25) is 0 Å². The molecule has 0 saturated heterocycles. The van der Waals surface area contributed by atoms with Crippen LogP contribution in [-0.4, -0.2) is 30.3 Å². The molecule has 0 heterocycles.